The first-order chi connectivity index (χ1) is 11.7. The largest absolute Gasteiger partial charge is 0.454 e. The topological polar surface area (TPSA) is 65.4 Å². The van der Waals surface area contributed by atoms with Crippen molar-refractivity contribution >= 4 is 27.5 Å². The second-order valence-corrected chi connectivity index (χ2v) is 6.03. The molecule has 3 aromatic rings. The van der Waals surface area contributed by atoms with Gasteiger partial charge < -0.3 is 14.8 Å². The molecule has 7 heteroatoms. The number of anilines is 1. The first-order valence-electron chi connectivity index (χ1n) is 7.22. The number of nitrogens with zero attached hydrogens (tertiary/aromatic N) is 2. The number of halogens is 1. The lowest BCUT2D eigenvalue weighted by atomic mass is 10.1. The number of ether oxygens (including phenoxy) is 2. The molecule has 24 heavy (non-hydrogen) atoms. The summed E-state index contributed by atoms with van der Waals surface area (Å²) in [7, 11) is 0. The Bertz CT molecular complexity index is 923. The van der Waals surface area contributed by atoms with Crippen LogP contribution in [0.2, 0.25) is 0 Å². The number of carbonyl (C=O) groups excluding carboxylic acids is 1. The molecule has 0 saturated carbocycles. The Morgan fingerprint density at radius 3 is 2.88 bits per heavy atom. The Kier molecular flexibility index (Phi) is 3.70. The molecule has 0 unspecified atom stereocenters. The summed E-state index contributed by atoms with van der Waals surface area (Å²) in [6.45, 7) is 0.123. The van der Waals surface area contributed by atoms with E-state index >= 15 is 0 Å². The third-order valence-electron chi connectivity index (χ3n) is 3.59. The molecule has 6 nitrogen and oxygen atoms in total. The fourth-order valence-electron chi connectivity index (χ4n) is 2.51. The van der Waals surface area contributed by atoms with Gasteiger partial charge in [-0.05, 0) is 40.2 Å². The number of aromatic nitrogens is 2. The number of fused-ring (bicyclic) bond motifs is 1. The summed E-state index contributed by atoms with van der Waals surface area (Å²) < 4.78 is 13.3. The third kappa shape index (κ3) is 2.63. The van der Waals surface area contributed by atoms with Crippen molar-refractivity contribution in [1.29, 1.82) is 0 Å². The molecule has 120 valence electrons. The van der Waals surface area contributed by atoms with Crippen LogP contribution in [0.1, 0.15) is 10.4 Å². The normalized spacial score (nSPS) is 12.2. The summed E-state index contributed by atoms with van der Waals surface area (Å²) in [5.74, 6) is 0.775. The van der Waals surface area contributed by atoms with E-state index in [0.717, 1.165) is 10.2 Å². The summed E-state index contributed by atoms with van der Waals surface area (Å²) in [6.07, 6.45) is 3.51. The molecular weight excluding hydrogens is 374 g/mol. The minimum Gasteiger partial charge on any atom is -0.454 e. The van der Waals surface area contributed by atoms with Crippen LogP contribution in [0.3, 0.4) is 0 Å². The third-order valence-corrected chi connectivity index (χ3v) is 4.00. The second-order valence-electron chi connectivity index (χ2n) is 5.11. The molecule has 0 bridgehead atoms. The molecule has 1 aliphatic heterocycles. The van der Waals surface area contributed by atoms with E-state index in [4.69, 9.17) is 9.47 Å². The first kappa shape index (κ1) is 14.8. The van der Waals surface area contributed by atoms with Crippen LogP contribution in [0.15, 0.2) is 59.3 Å². The van der Waals surface area contributed by atoms with Crippen molar-refractivity contribution in [2.75, 3.05) is 12.1 Å². The van der Waals surface area contributed by atoms with E-state index in [-0.39, 0.29) is 12.7 Å². The van der Waals surface area contributed by atoms with E-state index in [9.17, 15) is 4.79 Å². The van der Waals surface area contributed by atoms with Crippen molar-refractivity contribution in [2.45, 2.75) is 0 Å². The molecule has 0 spiro atoms. The van der Waals surface area contributed by atoms with Crippen LogP contribution in [0.4, 0.5) is 5.69 Å². The quantitative estimate of drug-likeness (QED) is 0.747. The monoisotopic (exact) mass is 385 g/mol. The van der Waals surface area contributed by atoms with Gasteiger partial charge in [0.2, 0.25) is 6.79 Å². The van der Waals surface area contributed by atoms with E-state index in [0.29, 0.717) is 22.7 Å². The van der Waals surface area contributed by atoms with Crippen LogP contribution in [0, 0.1) is 0 Å². The molecule has 2 aromatic carbocycles. The minimum atomic E-state index is -0.268. The molecular formula is C17H12BrN3O3. The van der Waals surface area contributed by atoms with E-state index in [1.807, 2.05) is 30.5 Å². The average Bonchev–Trinajstić information content (AvgIpc) is 3.23. The van der Waals surface area contributed by atoms with Crippen molar-refractivity contribution in [3.05, 3.63) is 64.9 Å². The summed E-state index contributed by atoms with van der Waals surface area (Å²) in [5.41, 5.74) is 1.84. The Balaban J connectivity index is 1.67. The van der Waals surface area contributed by atoms with Crippen molar-refractivity contribution in [3.63, 3.8) is 0 Å². The Morgan fingerprint density at radius 1 is 1.17 bits per heavy atom. The minimum absolute atomic E-state index is 0.123. The lowest BCUT2D eigenvalue weighted by Crippen LogP contribution is -2.14. The zero-order valence-electron chi connectivity index (χ0n) is 12.4. The number of benzene rings is 2. The van der Waals surface area contributed by atoms with Crippen molar-refractivity contribution in [2.24, 2.45) is 0 Å². The molecule has 0 fully saturated rings. The molecule has 2 heterocycles. The smallest absolute Gasteiger partial charge is 0.259 e. The highest BCUT2D eigenvalue weighted by Gasteiger charge is 2.22. The van der Waals surface area contributed by atoms with Crippen molar-refractivity contribution in [1.82, 2.24) is 9.78 Å². The zero-order chi connectivity index (χ0) is 16.5. The van der Waals surface area contributed by atoms with Crippen molar-refractivity contribution < 1.29 is 14.3 Å². The van der Waals surface area contributed by atoms with Gasteiger partial charge in [0.05, 0.1) is 27.6 Å². The predicted molar refractivity (Wildman–Crippen MR) is 91.8 cm³/mol. The van der Waals surface area contributed by atoms with Crippen molar-refractivity contribution in [3.8, 4) is 17.2 Å². The Labute approximate surface area is 146 Å². The molecule has 0 radical (unpaired) electrons. The molecule has 0 atom stereocenters. The summed E-state index contributed by atoms with van der Waals surface area (Å²) in [5, 5.41) is 7.17. The van der Waals surface area contributed by atoms with Crippen LogP contribution >= 0.6 is 15.9 Å². The lowest BCUT2D eigenvalue weighted by molar-refractivity contribution is 0.102. The lowest BCUT2D eigenvalue weighted by Gasteiger charge is -2.12. The van der Waals surface area contributed by atoms with Crippen LogP contribution in [0.25, 0.3) is 5.69 Å². The number of hydrogen-bond donors (Lipinski definition) is 1. The van der Waals surface area contributed by atoms with Gasteiger partial charge in [-0.1, -0.05) is 18.2 Å². The van der Waals surface area contributed by atoms with Gasteiger partial charge in [-0.3, -0.25) is 4.79 Å². The molecule has 1 aromatic heterocycles. The highest BCUT2D eigenvalue weighted by atomic mass is 79.9. The molecule has 0 aliphatic carbocycles. The van der Waals surface area contributed by atoms with Gasteiger partial charge in [0.15, 0.2) is 11.5 Å². The van der Waals surface area contributed by atoms with Gasteiger partial charge >= 0.3 is 0 Å². The van der Waals surface area contributed by atoms with Gasteiger partial charge in [-0.25, -0.2) is 4.68 Å². The van der Waals surface area contributed by atoms with E-state index in [1.54, 1.807) is 29.1 Å². The van der Waals surface area contributed by atoms with E-state index in [2.05, 4.69) is 26.3 Å². The van der Waals surface area contributed by atoms with Crippen LogP contribution in [-0.4, -0.2) is 22.5 Å². The highest BCUT2D eigenvalue weighted by molar-refractivity contribution is 9.10. The SMILES string of the molecule is O=C(Nc1ccccc1-n1cc(Br)cn1)c1cccc2c1OCO2. The maximum Gasteiger partial charge on any atom is 0.259 e. The number of hydrogen-bond acceptors (Lipinski definition) is 4. The maximum absolute atomic E-state index is 12.7. The second kappa shape index (κ2) is 6.01. The van der Waals surface area contributed by atoms with Gasteiger partial charge in [-0.15, -0.1) is 0 Å². The molecule has 0 saturated heterocycles. The fraction of sp³-hybridized carbons (Fsp3) is 0.0588. The molecule has 1 N–H and O–H groups in total. The number of amides is 1. The molecule has 4 rings (SSSR count). The number of para-hydroxylation sites is 3. The Morgan fingerprint density at radius 2 is 2.04 bits per heavy atom. The van der Waals surface area contributed by atoms with Gasteiger partial charge in [0.25, 0.3) is 5.91 Å². The standard InChI is InChI=1S/C17H12BrN3O3/c18-11-8-19-21(9-11)14-6-2-1-5-13(14)20-17(22)12-4-3-7-15-16(12)24-10-23-15/h1-9H,10H2,(H,20,22). The Hall–Kier alpha value is -2.80. The van der Waals surface area contributed by atoms with Gasteiger partial charge in [0.1, 0.15) is 0 Å². The average molecular weight is 386 g/mol. The highest BCUT2D eigenvalue weighted by Crippen LogP contribution is 2.35. The van der Waals surface area contributed by atoms with Crippen LogP contribution in [-0.2, 0) is 0 Å². The summed E-state index contributed by atoms with van der Waals surface area (Å²) in [6, 6.07) is 12.7. The van der Waals surface area contributed by atoms with Crippen LogP contribution < -0.4 is 14.8 Å². The number of carbonyl (C=O) groups is 1. The number of nitrogens with one attached hydrogen (secondary N) is 1. The predicted octanol–water partition coefficient (Wildman–Crippen LogP) is 3.62. The maximum atomic E-state index is 12.7. The molecule has 1 amide bonds. The van der Waals surface area contributed by atoms with Crippen LogP contribution in [0.5, 0.6) is 11.5 Å². The fourth-order valence-corrected chi connectivity index (χ4v) is 2.80. The summed E-state index contributed by atoms with van der Waals surface area (Å²) in [4.78, 5) is 12.7. The molecule has 1 aliphatic rings. The van der Waals surface area contributed by atoms with E-state index in [1.165, 1.54) is 0 Å². The first-order valence-corrected chi connectivity index (χ1v) is 8.01. The summed E-state index contributed by atoms with van der Waals surface area (Å²) >= 11 is 3.37. The van der Waals surface area contributed by atoms with E-state index < -0.39 is 0 Å². The van der Waals surface area contributed by atoms with Gasteiger partial charge in [0, 0.05) is 6.20 Å². The zero-order valence-corrected chi connectivity index (χ0v) is 14.0. The van der Waals surface area contributed by atoms with Gasteiger partial charge in [-0.2, -0.15) is 5.10 Å². The number of rotatable bonds is 3.